The van der Waals surface area contributed by atoms with Crippen molar-refractivity contribution in [2.24, 2.45) is 0 Å². The van der Waals surface area contributed by atoms with E-state index in [2.05, 4.69) is 13.2 Å². The number of carbonyl (C=O) groups excluding carboxylic acids is 2. The Hall–Kier alpha value is -4.93. The summed E-state index contributed by atoms with van der Waals surface area (Å²) < 4.78 is 26.8. The van der Waals surface area contributed by atoms with Crippen LogP contribution in [0.15, 0.2) is 95.4 Å². The van der Waals surface area contributed by atoms with E-state index in [0.717, 1.165) is 6.08 Å². The Bertz CT molecular complexity index is 1590. The van der Waals surface area contributed by atoms with Gasteiger partial charge in [-0.2, -0.15) is 0 Å². The van der Waals surface area contributed by atoms with E-state index in [1.165, 1.54) is 18.4 Å². The smallest absolute Gasteiger partial charge is 0.338 e. The van der Waals surface area contributed by atoms with Gasteiger partial charge in [0.2, 0.25) is 0 Å². The van der Waals surface area contributed by atoms with Gasteiger partial charge in [-0.15, -0.1) is 0 Å². The van der Waals surface area contributed by atoms with E-state index in [9.17, 15) is 24.6 Å². The first-order chi connectivity index (χ1) is 19.8. The van der Waals surface area contributed by atoms with E-state index < -0.39 is 24.1 Å². The van der Waals surface area contributed by atoms with Gasteiger partial charge in [-0.05, 0) is 35.9 Å². The normalized spacial score (nSPS) is 12.3. The minimum absolute atomic E-state index is 0.0766. The zero-order valence-electron chi connectivity index (χ0n) is 22.0. The zero-order chi connectivity index (χ0) is 29.4. The number of rotatable bonds is 13. The molecule has 0 fully saturated rings. The van der Waals surface area contributed by atoms with Crippen LogP contribution < -0.4 is 10.2 Å². The molecule has 10 heteroatoms. The molecule has 0 saturated carbocycles. The quantitative estimate of drug-likeness (QED) is 0.108. The van der Waals surface area contributed by atoms with Gasteiger partial charge in [0.05, 0.1) is 11.8 Å². The maximum atomic E-state index is 13.1. The Kier molecular flexibility index (Phi) is 9.51. The molecule has 41 heavy (non-hydrogen) atoms. The third kappa shape index (κ3) is 7.18. The van der Waals surface area contributed by atoms with Crippen molar-refractivity contribution in [3.05, 3.63) is 102 Å². The van der Waals surface area contributed by atoms with Crippen LogP contribution in [0.2, 0.25) is 0 Å². The SMILES string of the molecule is C=COCC(O)COC(=O)c1ccccc1-c1c2ccc(=O)cc-2oc2cc(OCC(O)COC(=O)C=C)ccc12. The van der Waals surface area contributed by atoms with Crippen LogP contribution in [0, 0.1) is 0 Å². The van der Waals surface area contributed by atoms with Crippen LogP contribution in [-0.2, 0) is 19.0 Å². The monoisotopic (exact) mass is 560 g/mol. The van der Waals surface area contributed by atoms with Crippen molar-refractivity contribution in [1.82, 2.24) is 0 Å². The molecule has 212 valence electrons. The van der Waals surface area contributed by atoms with E-state index in [0.29, 0.717) is 33.4 Å². The molecule has 1 heterocycles. The van der Waals surface area contributed by atoms with Gasteiger partial charge in [0, 0.05) is 34.7 Å². The minimum Gasteiger partial charge on any atom is -0.499 e. The molecule has 2 aromatic rings. The highest BCUT2D eigenvalue weighted by atomic mass is 16.6. The van der Waals surface area contributed by atoms with E-state index in [1.807, 2.05) is 0 Å². The van der Waals surface area contributed by atoms with Crippen molar-refractivity contribution in [1.29, 1.82) is 0 Å². The fraction of sp³-hybridized carbons (Fsp3) is 0.194. The van der Waals surface area contributed by atoms with Gasteiger partial charge >= 0.3 is 11.9 Å². The lowest BCUT2D eigenvalue weighted by atomic mass is 9.91. The molecule has 4 rings (SSSR count). The van der Waals surface area contributed by atoms with Crippen LogP contribution in [0.5, 0.6) is 5.75 Å². The topological polar surface area (TPSA) is 142 Å². The summed E-state index contributed by atoms with van der Waals surface area (Å²) in [5.74, 6) is -0.685. The lowest BCUT2D eigenvalue weighted by Gasteiger charge is -2.18. The highest BCUT2D eigenvalue weighted by Gasteiger charge is 2.23. The van der Waals surface area contributed by atoms with Gasteiger partial charge < -0.3 is 33.6 Å². The van der Waals surface area contributed by atoms with Crippen molar-refractivity contribution in [3.63, 3.8) is 0 Å². The molecule has 0 radical (unpaired) electrons. The number of aliphatic hydroxyl groups is 2. The number of carbonyl (C=O) groups is 2. The summed E-state index contributed by atoms with van der Waals surface area (Å²) in [6.07, 6.45) is 0.0575. The van der Waals surface area contributed by atoms with E-state index in [4.69, 9.17) is 23.4 Å². The standard InChI is InChI=1S/C31H28O10/c1-3-29(35)39-17-21(34)16-38-22-10-12-26-28(14-22)41-27-13-19(32)9-11-25(27)30(26)23-7-5-6-8-24(23)31(36)40-18-20(33)15-37-4-2/h3-14,20-21,33-34H,1-2,15-18H2. The molecule has 2 aromatic carbocycles. The second kappa shape index (κ2) is 13.4. The summed E-state index contributed by atoms with van der Waals surface area (Å²) in [6, 6.07) is 16.2. The molecule has 1 aliphatic heterocycles. The molecule has 2 N–H and O–H groups in total. The van der Waals surface area contributed by atoms with E-state index in [1.54, 1.807) is 48.5 Å². The second-order valence-corrected chi connectivity index (χ2v) is 8.89. The number of hydrogen-bond donors (Lipinski definition) is 2. The maximum absolute atomic E-state index is 13.1. The van der Waals surface area contributed by atoms with Crippen molar-refractivity contribution in [3.8, 4) is 28.2 Å². The summed E-state index contributed by atoms with van der Waals surface area (Å²) >= 11 is 0. The number of hydrogen-bond acceptors (Lipinski definition) is 10. The van der Waals surface area contributed by atoms with Crippen molar-refractivity contribution >= 4 is 22.9 Å². The lowest BCUT2D eigenvalue weighted by Crippen LogP contribution is -2.24. The van der Waals surface area contributed by atoms with Crippen molar-refractivity contribution in [2.45, 2.75) is 12.2 Å². The van der Waals surface area contributed by atoms with Crippen molar-refractivity contribution in [2.75, 3.05) is 26.4 Å². The molecule has 2 atom stereocenters. The van der Waals surface area contributed by atoms with Crippen LogP contribution in [0.1, 0.15) is 10.4 Å². The highest BCUT2D eigenvalue weighted by molar-refractivity contribution is 6.07. The molecule has 0 amide bonds. The molecule has 0 saturated heterocycles. The Morgan fingerprint density at radius 1 is 0.878 bits per heavy atom. The fourth-order valence-electron chi connectivity index (χ4n) is 4.06. The molecular weight excluding hydrogens is 532 g/mol. The molecular formula is C31H28O10. The predicted octanol–water partition coefficient (Wildman–Crippen LogP) is 3.71. The average Bonchev–Trinajstić information content (AvgIpc) is 2.98. The molecule has 0 bridgehead atoms. The molecule has 0 aromatic heterocycles. The molecule has 1 aliphatic carbocycles. The summed E-state index contributed by atoms with van der Waals surface area (Å²) in [4.78, 5) is 36.5. The zero-order valence-corrected chi connectivity index (χ0v) is 22.0. The summed E-state index contributed by atoms with van der Waals surface area (Å²) in [5.41, 5.74) is 2.05. The van der Waals surface area contributed by atoms with E-state index in [-0.39, 0.29) is 43.2 Å². The number of benzene rings is 3. The molecule has 0 spiro atoms. The number of ether oxygens (including phenoxy) is 4. The van der Waals surface area contributed by atoms with E-state index >= 15 is 0 Å². The van der Waals surface area contributed by atoms with Crippen LogP contribution in [0.25, 0.3) is 33.4 Å². The van der Waals surface area contributed by atoms with Crippen LogP contribution in [0.4, 0.5) is 0 Å². The average molecular weight is 561 g/mol. The fourth-order valence-corrected chi connectivity index (χ4v) is 4.06. The first kappa shape index (κ1) is 29.1. The third-order valence-electron chi connectivity index (χ3n) is 5.92. The Morgan fingerprint density at radius 3 is 2.41 bits per heavy atom. The van der Waals surface area contributed by atoms with Crippen LogP contribution in [-0.4, -0.2) is 60.8 Å². The Morgan fingerprint density at radius 2 is 1.63 bits per heavy atom. The van der Waals surface area contributed by atoms with Crippen LogP contribution >= 0.6 is 0 Å². The largest absolute Gasteiger partial charge is 0.499 e. The number of esters is 2. The Balaban J connectivity index is 1.70. The van der Waals surface area contributed by atoms with Gasteiger partial charge in [0.15, 0.2) is 5.43 Å². The molecule has 2 unspecified atom stereocenters. The summed E-state index contributed by atoms with van der Waals surface area (Å²) in [5, 5.41) is 20.7. The van der Waals surface area contributed by atoms with Gasteiger partial charge in [0.1, 0.15) is 55.7 Å². The number of aliphatic hydroxyl groups excluding tert-OH is 2. The van der Waals surface area contributed by atoms with Crippen LogP contribution in [0.3, 0.4) is 0 Å². The van der Waals surface area contributed by atoms with Crippen molar-refractivity contribution < 1.29 is 43.2 Å². The highest BCUT2D eigenvalue weighted by Crippen LogP contribution is 2.42. The number of fused-ring (bicyclic) bond motifs is 2. The first-order valence-electron chi connectivity index (χ1n) is 12.6. The third-order valence-corrected chi connectivity index (χ3v) is 5.92. The second-order valence-electron chi connectivity index (χ2n) is 8.89. The molecule has 10 nitrogen and oxygen atoms in total. The first-order valence-corrected chi connectivity index (χ1v) is 12.6. The maximum Gasteiger partial charge on any atom is 0.338 e. The summed E-state index contributed by atoms with van der Waals surface area (Å²) in [7, 11) is 0. The van der Waals surface area contributed by atoms with Gasteiger partial charge in [0.25, 0.3) is 0 Å². The lowest BCUT2D eigenvalue weighted by molar-refractivity contribution is -0.141. The van der Waals surface area contributed by atoms with Gasteiger partial charge in [-0.25, -0.2) is 9.59 Å². The van der Waals surface area contributed by atoms with Gasteiger partial charge in [-0.1, -0.05) is 31.4 Å². The Labute approximate surface area is 235 Å². The molecule has 2 aliphatic rings. The summed E-state index contributed by atoms with van der Waals surface area (Å²) in [6.45, 7) is 5.91. The predicted molar refractivity (Wildman–Crippen MR) is 150 cm³/mol. The minimum atomic E-state index is -1.08. The van der Waals surface area contributed by atoms with Gasteiger partial charge in [-0.3, -0.25) is 4.79 Å².